The number of carbonyl (C=O) groups excluding carboxylic acids is 1. The molecule has 1 atom stereocenters. The average molecular weight is 272 g/mol. The van der Waals surface area contributed by atoms with E-state index in [4.69, 9.17) is 21.4 Å². The molecular formula is C12H14ClNO4. The van der Waals surface area contributed by atoms with Crippen molar-refractivity contribution < 1.29 is 19.4 Å². The number of halogens is 1. The molecule has 0 fully saturated rings. The summed E-state index contributed by atoms with van der Waals surface area (Å²) in [5.41, 5.74) is 0.346. The van der Waals surface area contributed by atoms with Crippen molar-refractivity contribution in [1.82, 2.24) is 0 Å². The number of hydrogen-bond donors (Lipinski definition) is 2. The van der Waals surface area contributed by atoms with E-state index in [9.17, 15) is 9.59 Å². The van der Waals surface area contributed by atoms with Crippen molar-refractivity contribution in [3.63, 3.8) is 0 Å². The maximum atomic E-state index is 11.7. The van der Waals surface area contributed by atoms with Gasteiger partial charge >= 0.3 is 5.97 Å². The smallest absolute Gasteiger partial charge is 0.335 e. The normalized spacial score (nSPS) is 11.9. The molecule has 0 aromatic heterocycles. The Morgan fingerprint density at radius 3 is 2.67 bits per heavy atom. The van der Waals surface area contributed by atoms with E-state index < -0.39 is 12.1 Å². The second-order valence-corrected chi connectivity index (χ2v) is 4.06. The van der Waals surface area contributed by atoms with E-state index in [0.717, 1.165) is 0 Å². The molecule has 6 heteroatoms. The van der Waals surface area contributed by atoms with Crippen molar-refractivity contribution in [2.75, 3.05) is 11.9 Å². The van der Waals surface area contributed by atoms with Crippen LogP contribution in [-0.4, -0.2) is 29.7 Å². The summed E-state index contributed by atoms with van der Waals surface area (Å²) in [7, 11) is 0. The molecule has 1 rings (SSSR count). The molecule has 18 heavy (non-hydrogen) atoms. The van der Waals surface area contributed by atoms with Crippen LogP contribution in [0.15, 0.2) is 18.2 Å². The minimum Gasteiger partial charge on any atom is -0.478 e. The zero-order chi connectivity index (χ0) is 13.7. The summed E-state index contributed by atoms with van der Waals surface area (Å²) in [5, 5.41) is 11.7. The number of ether oxygens (including phenoxy) is 1. The Kier molecular flexibility index (Phi) is 5.12. The predicted octanol–water partition coefficient (Wildman–Crippen LogP) is 2.40. The van der Waals surface area contributed by atoms with E-state index in [1.54, 1.807) is 13.8 Å². The van der Waals surface area contributed by atoms with Crippen molar-refractivity contribution in [2.45, 2.75) is 20.0 Å². The zero-order valence-electron chi connectivity index (χ0n) is 10.1. The largest absolute Gasteiger partial charge is 0.478 e. The predicted molar refractivity (Wildman–Crippen MR) is 68.1 cm³/mol. The lowest BCUT2D eigenvalue weighted by Crippen LogP contribution is -2.27. The van der Waals surface area contributed by atoms with Crippen LogP contribution in [0.4, 0.5) is 5.69 Å². The van der Waals surface area contributed by atoms with E-state index in [0.29, 0.717) is 12.3 Å². The molecule has 1 aromatic carbocycles. The first kappa shape index (κ1) is 14.5. The Morgan fingerprint density at radius 2 is 2.11 bits per heavy atom. The second kappa shape index (κ2) is 6.37. The molecule has 0 heterocycles. The lowest BCUT2D eigenvalue weighted by Gasteiger charge is -2.12. The molecule has 0 saturated heterocycles. The van der Waals surface area contributed by atoms with Crippen molar-refractivity contribution in [1.29, 1.82) is 0 Å². The molecule has 0 radical (unpaired) electrons. The van der Waals surface area contributed by atoms with Crippen LogP contribution in [0.25, 0.3) is 0 Å². The highest BCUT2D eigenvalue weighted by Crippen LogP contribution is 2.19. The quantitative estimate of drug-likeness (QED) is 0.862. The van der Waals surface area contributed by atoms with Crippen LogP contribution >= 0.6 is 11.6 Å². The van der Waals surface area contributed by atoms with Crippen LogP contribution in [0.3, 0.4) is 0 Å². The van der Waals surface area contributed by atoms with Gasteiger partial charge in [-0.15, -0.1) is 0 Å². The van der Waals surface area contributed by atoms with Gasteiger partial charge in [0.25, 0.3) is 5.91 Å². The van der Waals surface area contributed by atoms with Crippen LogP contribution in [-0.2, 0) is 9.53 Å². The number of amides is 1. The van der Waals surface area contributed by atoms with Gasteiger partial charge in [0, 0.05) is 17.3 Å². The summed E-state index contributed by atoms with van der Waals surface area (Å²) >= 11 is 5.77. The number of hydrogen-bond acceptors (Lipinski definition) is 3. The summed E-state index contributed by atoms with van der Waals surface area (Å²) in [4.78, 5) is 22.5. The fourth-order valence-electron chi connectivity index (χ4n) is 1.35. The topological polar surface area (TPSA) is 75.6 Å². The zero-order valence-corrected chi connectivity index (χ0v) is 10.8. The summed E-state index contributed by atoms with van der Waals surface area (Å²) in [5.74, 6) is -1.46. The Balaban J connectivity index is 2.84. The fourth-order valence-corrected chi connectivity index (χ4v) is 1.59. The van der Waals surface area contributed by atoms with Crippen molar-refractivity contribution in [3.05, 3.63) is 28.8 Å². The van der Waals surface area contributed by atoms with E-state index in [2.05, 4.69) is 5.32 Å². The highest BCUT2D eigenvalue weighted by atomic mass is 35.5. The van der Waals surface area contributed by atoms with Gasteiger partial charge in [-0.25, -0.2) is 4.79 Å². The Hall–Kier alpha value is -1.59. The van der Waals surface area contributed by atoms with Gasteiger partial charge in [0.2, 0.25) is 0 Å². The summed E-state index contributed by atoms with van der Waals surface area (Å²) in [6.45, 7) is 3.82. The molecule has 0 aliphatic heterocycles. The number of aromatic carboxylic acids is 1. The Labute approximate surface area is 110 Å². The SMILES string of the molecule is CCOC(C)C(=O)Nc1cc(Cl)cc(C(=O)O)c1. The van der Waals surface area contributed by atoms with E-state index in [-0.39, 0.29) is 16.5 Å². The first-order chi connectivity index (χ1) is 8.43. The van der Waals surface area contributed by atoms with Crippen LogP contribution in [0.2, 0.25) is 5.02 Å². The third-order valence-electron chi connectivity index (χ3n) is 2.20. The number of carboxylic acid groups (broad SMARTS) is 1. The molecule has 1 aromatic rings. The summed E-state index contributed by atoms with van der Waals surface area (Å²) in [6.07, 6.45) is -0.609. The molecule has 0 aliphatic carbocycles. The van der Waals surface area contributed by atoms with Gasteiger partial charge in [0.1, 0.15) is 6.10 Å². The highest BCUT2D eigenvalue weighted by Gasteiger charge is 2.14. The highest BCUT2D eigenvalue weighted by molar-refractivity contribution is 6.31. The molecule has 0 saturated carbocycles. The lowest BCUT2D eigenvalue weighted by atomic mass is 10.2. The first-order valence-electron chi connectivity index (χ1n) is 5.40. The molecule has 2 N–H and O–H groups in total. The third kappa shape index (κ3) is 4.01. The van der Waals surface area contributed by atoms with Gasteiger partial charge < -0.3 is 15.2 Å². The molecule has 1 unspecified atom stereocenters. The van der Waals surface area contributed by atoms with Crippen molar-refractivity contribution in [2.24, 2.45) is 0 Å². The first-order valence-corrected chi connectivity index (χ1v) is 5.78. The van der Waals surface area contributed by atoms with Gasteiger partial charge in [-0.2, -0.15) is 0 Å². The van der Waals surface area contributed by atoms with Crippen molar-refractivity contribution in [3.8, 4) is 0 Å². The monoisotopic (exact) mass is 271 g/mol. The van der Waals surface area contributed by atoms with Crippen LogP contribution in [0.5, 0.6) is 0 Å². The van der Waals surface area contributed by atoms with Crippen LogP contribution in [0, 0.1) is 0 Å². The standard InChI is InChI=1S/C12H14ClNO4/c1-3-18-7(2)11(15)14-10-5-8(12(16)17)4-9(13)6-10/h4-7H,3H2,1-2H3,(H,14,15)(H,16,17). The molecule has 1 amide bonds. The number of anilines is 1. The average Bonchev–Trinajstić information content (AvgIpc) is 2.28. The number of carboxylic acids is 1. The van der Waals surface area contributed by atoms with Crippen LogP contribution < -0.4 is 5.32 Å². The Morgan fingerprint density at radius 1 is 1.44 bits per heavy atom. The molecule has 0 spiro atoms. The third-order valence-corrected chi connectivity index (χ3v) is 2.42. The molecule has 5 nitrogen and oxygen atoms in total. The lowest BCUT2D eigenvalue weighted by molar-refractivity contribution is -0.126. The maximum Gasteiger partial charge on any atom is 0.335 e. The number of carbonyl (C=O) groups is 2. The van der Waals surface area contributed by atoms with Gasteiger partial charge in [-0.3, -0.25) is 4.79 Å². The maximum absolute atomic E-state index is 11.7. The number of rotatable bonds is 5. The molecule has 98 valence electrons. The second-order valence-electron chi connectivity index (χ2n) is 3.62. The molecule has 0 bridgehead atoms. The van der Waals surface area contributed by atoms with Gasteiger partial charge in [-0.1, -0.05) is 11.6 Å². The molecular weight excluding hydrogens is 258 g/mol. The van der Waals surface area contributed by atoms with Gasteiger partial charge in [0.05, 0.1) is 5.56 Å². The number of nitrogens with one attached hydrogen (secondary N) is 1. The minimum atomic E-state index is -1.11. The Bertz CT molecular complexity index is 461. The fraction of sp³-hybridized carbons (Fsp3) is 0.333. The van der Waals surface area contributed by atoms with Gasteiger partial charge in [-0.05, 0) is 32.0 Å². The van der Waals surface area contributed by atoms with Gasteiger partial charge in [0.15, 0.2) is 0 Å². The minimum absolute atomic E-state index is 0.0156. The molecule has 0 aliphatic rings. The number of benzene rings is 1. The van der Waals surface area contributed by atoms with Crippen molar-refractivity contribution >= 4 is 29.2 Å². The summed E-state index contributed by atoms with van der Waals surface area (Å²) < 4.78 is 5.12. The van der Waals surface area contributed by atoms with E-state index in [1.165, 1.54) is 18.2 Å². The van der Waals surface area contributed by atoms with Crippen LogP contribution in [0.1, 0.15) is 24.2 Å². The van der Waals surface area contributed by atoms with E-state index in [1.807, 2.05) is 0 Å². The summed E-state index contributed by atoms with van der Waals surface area (Å²) in [6, 6.07) is 4.13. The van der Waals surface area contributed by atoms with E-state index >= 15 is 0 Å².